The lowest BCUT2D eigenvalue weighted by Crippen LogP contribution is -2.24. The van der Waals surface area contributed by atoms with Crippen LogP contribution in [0.25, 0.3) is 5.65 Å². The van der Waals surface area contributed by atoms with Gasteiger partial charge in [0.25, 0.3) is 5.91 Å². The first kappa shape index (κ1) is 14.2. The van der Waals surface area contributed by atoms with E-state index >= 15 is 0 Å². The molecule has 0 atom stereocenters. The number of aromatic nitrogens is 2. The van der Waals surface area contributed by atoms with E-state index in [9.17, 15) is 13.6 Å². The Bertz CT molecular complexity index is 858. The smallest absolute Gasteiger partial charge is 0.254 e. The van der Waals surface area contributed by atoms with E-state index in [1.54, 1.807) is 6.20 Å². The van der Waals surface area contributed by atoms with Gasteiger partial charge in [-0.25, -0.2) is 13.8 Å². The van der Waals surface area contributed by atoms with Crippen molar-refractivity contribution in [2.75, 3.05) is 0 Å². The molecule has 4 nitrogen and oxygen atoms in total. The fourth-order valence-electron chi connectivity index (χ4n) is 2.22. The third-order valence-corrected chi connectivity index (χ3v) is 3.35. The van der Waals surface area contributed by atoms with E-state index < -0.39 is 17.5 Å². The van der Waals surface area contributed by atoms with E-state index in [1.165, 1.54) is 0 Å². The lowest BCUT2D eigenvalue weighted by atomic mass is 10.2. The molecule has 0 unspecified atom stereocenters. The number of nitrogens with one attached hydrogen (secondary N) is 1. The van der Waals surface area contributed by atoms with Gasteiger partial charge < -0.3 is 9.72 Å². The van der Waals surface area contributed by atoms with Crippen molar-refractivity contribution in [3.8, 4) is 0 Å². The Labute approximate surface area is 125 Å². The quantitative estimate of drug-likeness (QED) is 0.808. The van der Waals surface area contributed by atoms with Gasteiger partial charge in [0.2, 0.25) is 0 Å². The molecule has 1 N–H and O–H groups in total. The van der Waals surface area contributed by atoms with Gasteiger partial charge in [0.1, 0.15) is 17.3 Å². The molecule has 112 valence electrons. The van der Waals surface area contributed by atoms with Crippen molar-refractivity contribution >= 4 is 11.6 Å². The van der Waals surface area contributed by atoms with Gasteiger partial charge in [-0.15, -0.1) is 0 Å². The summed E-state index contributed by atoms with van der Waals surface area (Å²) in [5.74, 6) is -2.09. The van der Waals surface area contributed by atoms with E-state index in [1.807, 2.05) is 29.5 Å². The van der Waals surface area contributed by atoms with Crippen LogP contribution in [0.15, 0.2) is 42.6 Å². The molecule has 2 aromatic heterocycles. The molecule has 0 saturated carbocycles. The highest BCUT2D eigenvalue weighted by atomic mass is 19.1. The van der Waals surface area contributed by atoms with Crippen molar-refractivity contribution in [2.45, 2.75) is 13.5 Å². The third kappa shape index (κ3) is 2.67. The average Bonchev–Trinajstić information content (AvgIpc) is 2.92. The maximum Gasteiger partial charge on any atom is 0.254 e. The van der Waals surface area contributed by atoms with Crippen LogP contribution >= 0.6 is 0 Å². The second kappa shape index (κ2) is 5.55. The summed E-state index contributed by atoms with van der Waals surface area (Å²) in [5.41, 5.74) is 2.10. The van der Waals surface area contributed by atoms with Crippen LogP contribution in [0.5, 0.6) is 0 Å². The number of aryl methyl sites for hydroxylation is 1. The summed E-state index contributed by atoms with van der Waals surface area (Å²) in [6.45, 7) is 2.08. The van der Waals surface area contributed by atoms with E-state index in [0.29, 0.717) is 5.69 Å². The Morgan fingerprint density at radius 3 is 2.86 bits per heavy atom. The number of rotatable bonds is 3. The van der Waals surface area contributed by atoms with Crippen LogP contribution < -0.4 is 5.32 Å². The molecule has 0 spiro atoms. The molecule has 0 aliphatic carbocycles. The van der Waals surface area contributed by atoms with E-state index in [4.69, 9.17) is 0 Å². The molecular formula is C16H13F2N3O. The number of fused-ring (bicyclic) bond motifs is 1. The maximum atomic E-state index is 13.5. The molecule has 0 aliphatic rings. The fourth-order valence-corrected chi connectivity index (χ4v) is 2.22. The number of pyridine rings is 1. The SMILES string of the molecule is Cc1cccc2nc(CNC(=O)c3cc(F)ccc3F)cn12. The highest BCUT2D eigenvalue weighted by molar-refractivity contribution is 5.94. The van der Waals surface area contributed by atoms with Crippen molar-refractivity contribution < 1.29 is 13.6 Å². The number of halogens is 2. The third-order valence-electron chi connectivity index (χ3n) is 3.35. The molecule has 0 fully saturated rings. The topological polar surface area (TPSA) is 46.4 Å². The first-order valence-electron chi connectivity index (χ1n) is 6.71. The average molecular weight is 301 g/mol. The second-order valence-corrected chi connectivity index (χ2v) is 4.93. The largest absolute Gasteiger partial charge is 0.346 e. The summed E-state index contributed by atoms with van der Waals surface area (Å²) in [6.07, 6.45) is 1.80. The Morgan fingerprint density at radius 1 is 1.27 bits per heavy atom. The number of amides is 1. The summed E-state index contributed by atoms with van der Waals surface area (Å²) >= 11 is 0. The number of nitrogens with zero attached hydrogens (tertiary/aromatic N) is 2. The lowest BCUT2D eigenvalue weighted by molar-refractivity contribution is 0.0946. The van der Waals surface area contributed by atoms with Crippen molar-refractivity contribution in [1.82, 2.24) is 14.7 Å². The van der Waals surface area contributed by atoms with Crippen molar-refractivity contribution in [2.24, 2.45) is 0 Å². The standard InChI is InChI=1S/C16H13F2N3O/c1-10-3-2-4-15-20-12(9-21(10)15)8-19-16(22)13-7-11(17)5-6-14(13)18/h2-7,9H,8H2,1H3,(H,19,22). The highest BCUT2D eigenvalue weighted by Crippen LogP contribution is 2.11. The van der Waals surface area contributed by atoms with Gasteiger partial charge in [0.15, 0.2) is 0 Å². The van der Waals surface area contributed by atoms with Crippen molar-refractivity contribution in [1.29, 1.82) is 0 Å². The predicted molar refractivity (Wildman–Crippen MR) is 77.5 cm³/mol. The number of benzene rings is 1. The number of carbonyl (C=O) groups excluding carboxylic acids is 1. The number of hydrogen-bond acceptors (Lipinski definition) is 2. The minimum absolute atomic E-state index is 0.135. The molecule has 0 bridgehead atoms. The predicted octanol–water partition coefficient (Wildman–Crippen LogP) is 2.85. The first-order chi connectivity index (χ1) is 10.5. The Hall–Kier alpha value is -2.76. The molecule has 22 heavy (non-hydrogen) atoms. The monoisotopic (exact) mass is 301 g/mol. The van der Waals surface area contributed by atoms with Crippen LogP contribution in [0.1, 0.15) is 21.7 Å². The fraction of sp³-hybridized carbons (Fsp3) is 0.125. The van der Waals surface area contributed by atoms with Crippen LogP contribution in [0.4, 0.5) is 8.78 Å². The van der Waals surface area contributed by atoms with Crippen molar-refractivity contribution in [3.05, 3.63) is 71.2 Å². The van der Waals surface area contributed by atoms with Gasteiger partial charge in [-0.05, 0) is 37.3 Å². The van der Waals surface area contributed by atoms with E-state index in [0.717, 1.165) is 29.5 Å². The number of carbonyl (C=O) groups is 1. The number of imidazole rings is 1. The summed E-state index contributed by atoms with van der Waals surface area (Å²) < 4.78 is 28.5. The zero-order valence-corrected chi connectivity index (χ0v) is 11.8. The zero-order chi connectivity index (χ0) is 15.7. The molecule has 0 radical (unpaired) electrons. The van der Waals surface area contributed by atoms with E-state index in [-0.39, 0.29) is 12.1 Å². The second-order valence-electron chi connectivity index (χ2n) is 4.93. The van der Waals surface area contributed by atoms with Crippen LogP contribution in [0.3, 0.4) is 0 Å². The normalized spacial score (nSPS) is 10.9. The molecule has 3 rings (SSSR count). The molecular weight excluding hydrogens is 288 g/mol. The Morgan fingerprint density at radius 2 is 2.09 bits per heavy atom. The summed E-state index contributed by atoms with van der Waals surface area (Å²) in [5, 5.41) is 2.54. The summed E-state index contributed by atoms with van der Waals surface area (Å²) in [4.78, 5) is 16.3. The molecule has 2 heterocycles. The van der Waals surface area contributed by atoms with Crippen molar-refractivity contribution in [3.63, 3.8) is 0 Å². The Balaban J connectivity index is 1.77. The summed E-state index contributed by atoms with van der Waals surface area (Å²) in [7, 11) is 0. The van der Waals surface area contributed by atoms with Gasteiger partial charge in [-0.1, -0.05) is 6.07 Å². The van der Waals surface area contributed by atoms with Crippen LogP contribution in [0, 0.1) is 18.6 Å². The minimum Gasteiger partial charge on any atom is -0.346 e. The van der Waals surface area contributed by atoms with Gasteiger partial charge >= 0.3 is 0 Å². The molecule has 1 amide bonds. The van der Waals surface area contributed by atoms with Crippen LogP contribution in [-0.4, -0.2) is 15.3 Å². The van der Waals surface area contributed by atoms with Crippen LogP contribution in [-0.2, 0) is 6.54 Å². The molecule has 6 heteroatoms. The van der Waals surface area contributed by atoms with Gasteiger partial charge in [0.05, 0.1) is 17.8 Å². The Kier molecular flexibility index (Phi) is 3.58. The maximum absolute atomic E-state index is 13.5. The van der Waals surface area contributed by atoms with E-state index in [2.05, 4.69) is 10.3 Å². The zero-order valence-electron chi connectivity index (χ0n) is 11.8. The molecule has 0 saturated heterocycles. The van der Waals surface area contributed by atoms with Gasteiger partial charge in [0, 0.05) is 11.9 Å². The number of hydrogen-bond donors (Lipinski definition) is 1. The van der Waals surface area contributed by atoms with Gasteiger partial charge in [-0.3, -0.25) is 4.79 Å². The molecule has 0 aliphatic heterocycles. The molecule has 1 aromatic carbocycles. The lowest BCUT2D eigenvalue weighted by Gasteiger charge is -2.04. The van der Waals surface area contributed by atoms with Gasteiger partial charge in [-0.2, -0.15) is 0 Å². The minimum atomic E-state index is -0.759. The highest BCUT2D eigenvalue weighted by Gasteiger charge is 2.13. The summed E-state index contributed by atoms with van der Waals surface area (Å²) in [6, 6.07) is 8.46. The molecule has 3 aromatic rings. The van der Waals surface area contributed by atoms with Crippen LogP contribution in [0.2, 0.25) is 0 Å². The first-order valence-corrected chi connectivity index (χ1v) is 6.71.